The quantitative estimate of drug-likeness (QED) is 0.592. The molecule has 1 heterocycles. The average Bonchev–Trinajstić information content (AvgIpc) is 3.09. The number of hydrogen-bond acceptors (Lipinski definition) is 5. The van der Waals surface area contributed by atoms with Crippen molar-refractivity contribution in [3.8, 4) is 22.9 Å². The predicted octanol–water partition coefficient (Wildman–Crippen LogP) is 5.17. The van der Waals surface area contributed by atoms with Crippen LogP contribution in [0.4, 0.5) is 8.78 Å². The molecule has 0 fully saturated rings. The van der Waals surface area contributed by atoms with Gasteiger partial charge in [0.1, 0.15) is 11.5 Å². The van der Waals surface area contributed by atoms with E-state index in [1.54, 1.807) is 42.5 Å². The minimum atomic E-state index is -2.85. The number of benzene rings is 2. The van der Waals surface area contributed by atoms with Crippen LogP contribution in [-0.2, 0) is 0 Å². The van der Waals surface area contributed by atoms with E-state index in [0.717, 1.165) is 5.56 Å². The van der Waals surface area contributed by atoms with E-state index in [4.69, 9.17) is 20.9 Å². The molecule has 0 amide bonds. The molecule has 0 bridgehead atoms. The summed E-state index contributed by atoms with van der Waals surface area (Å²) in [5.41, 5.74) is 1.36. The van der Waals surface area contributed by atoms with Crippen molar-refractivity contribution in [2.75, 3.05) is 7.11 Å². The van der Waals surface area contributed by atoms with Crippen molar-refractivity contribution < 1.29 is 22.8 Å². The summed E-state index contributed by atoms with van der Waals surface area (Å²) in [6, 6.07) is 11.3. The summed E-state index contributed by atoms with van der Waals surface area (Å²) >= 11 is 6.00. The summed E-state index contributed by atoms with van der Waals surface area (Å²) in [6.45, 7) is -2.85. The van der Waals surface area contributed by atoms with E-state index in [2.05, 4.69) is 14.9 Å². The second kappa shape index (κ2) is 7.97. The van der Waals surface area contributed by atoms with Crippen molar-refractivity contribution >= 4 is 23.8 Å². The third-order valence-electron chi connectivity index (χ3n) is 3.37. The van der Waals surface area contributed by atoms with Gasteiger partial charge in [-0.3, -0.25) is 0 Å². The number of nitrogens with zero attached hydrogens (tertiary/aromatic N) is 2. The highest BCUT2D eigenvalue weighted by molar-refractivity contribution is 6.30. The predicted molar refractivity (Wildman–Crippen MR) is 93.3 cm³/mol. The highest BCUT2D eigenvalue weighted by Crippen LogP contribution is 2.30. The molecule has 0 aliphatic heterocycles. The van der Waals surface area contributed by atoms with Crippen molar-refractivity contribution in [1.29, 1.82) is 0 Å². The fourth-order valence-corrected chi connectivity index (χ4v) is 2.37. The van der Waals surface area contributed by atoms with Gasteiger partial charge in [-0.05, 0) is 42.0 Å². The van der Waals surface area contributed by atoms with E-state index in [0.29, 0.717) is 22.2 Å². The molecule has 2 aromatic carbocycles. The molecule has 3 aromatic rings. The van der Waals surface area contributed by atoms with Crippen LogP contribution in [0.1, 0.15) is 11.5 Å². The van der Waals surface area contributed by atoms with Gasteiger partial charge in [-0.2, -0.15) is 13.8 Å². The van der Waals surface area contributed by atoms with E-state index in [1.165, 1.54) is 19.2 Å². The number of alkyl halides is 2. The minimum Gasteiger partial charge on any atom is -0.496 e. The minimum absolute atomic E-state index is 0.0882. The zero-order valence-corrected chi connectivity index (χ0v) is 14.3. The Kier molecular flexibility index (Phi) is 5.48. The Bertz CT molecular complexity index is 911. The maximum absolute atomic E-state index is 12.1. The van der Waals surface area contributed by atoms with Gasteiger partial charge < -0.3 is 14.0 Å². The van der Waals surface area contributed by atoms with Crippen molar-refractivity contribution in [3.05, 3.63) is 58.9 Å². The summed E-state index contributed by atoms with van der Waals surface area (Å²) in [7, 11) is 1.54. The highest BCUT2D eigenvalue weighted by atomic mass is 35.5. The first kappa shape index (κ1) is 17.9. The molecule has 1 aromatic heterocycles. The van der Waals surface area contributed by atoms with Gasteiger partial charge in [-0.15, -0.1) is 0 Å². The summed E-state index contributed by atoms with van der Waals surface area (Å²) < 4.78 is 39.0. The second-order valence-electron chi connectivity index (χ2n) is 5.08. The molecule has 8 heteroatoms. The monoisotopic (exact) mass is 378 g/mol. The molecular weight excluding hydrogens is 366 g/mol. The largest absolute Gasteiger partial charge is 0.496 e. The Labute approximate surface area is 152 Å². The third-order valence-corrected chi connectivity index (χ3v) is 3.60. The van der Waals surface area contributed by atoms with Crippen molar-refractivity contribution in [2.24, 2.45) is 0 Å². The fourth-order valence-electron chi connectivity index (χ4n) is 2.20. The summed E-state index contributed by atoms with van der Waals surface area (Å²) in [6.07, 6.45) is 3.31. The zero-order chi connectivity index (χ0) is 18.5. The molecule has 0 spiro atoms. The Morgan fingerprint density at radius 2 is 1.88 bits per heavy atom. The van der Waals surface area contributed by atoms with Crippen LogP contribution in [0.2, 0.25) is 5.02 Å². The van der Waals surface area contributed by atoms with Gasteiger partial charge >= 0.3 is 6.61 Å². The lowest BCUT2D eigenvalue weighted by Gasteiger charge is -2.04. The topological polar surface area (TPSA) is 57.4 Å². The average molecular weight is 379 g/mol. The van der Waals surface area contributed by atoms with Gasteiger partial charge in [0, 0.05) is 11.1 Å². The van der Waals surface area contributed by atoms with E-state index < -0.39 is 6.61 Å². The first-order chi connectivity index (χ1) is 12.5. The van der Waals surface area contributed by atoms with Crippen molar-refractivity contribution in [1.82, 2.24) is 10.1 Å². The first-order valence-electron chi connectivity index (χ1n) is 7.46. The SMILES string of the molecule is COc1ccc(Cl)cc1-c1noc(/C=C\c2ccc(OC(F)F)cc2)n1. The van der Waals surface area contributed by atoms with E-state index in [-0.39, 0.29) is 11.6 Å². The van der Waals surface area contributed by atoms with E-state index in [9.17, 15) is 8.78 Å². The van der Waals surface area contributed by atoms with E-state index >= 15 is 0 Å². The van der Waals surface area contributed by atoms with Crippen LogP contribution in [0.25, 0.3) is 23.5 Å². The van der Waals surface area contributed by atoms with Crippen LogP contribution in [0.15, 0.2) is 47.0 Å². The maximum atomic E-state index is 12.1. The van der Waals surface area contributed by atoms with Crippen LogP contribution < -0.4 is 9.47 Å². The second-order valence-corrected chi connectivity index (χ2v) is 5.52. The summed E-state index contributed by atoms with van der Waals surface area (Å²) in [5.74, 6) is 1.27. The van der Waals surface area contributed by atoms with Crippen LogP contribution in [0.3, 0.4) is 0 Å². The molecule has 0 unspecified atom stereocenters. The Hall–Kier alpha value is -2.93. The molecule has 0 aliphatic rings. The molecule has 0 radical (unpaired) electrons. The Morgan fingerprint density at radius 3 is 2.58 bits per heavy atom. The normalized spacial score (nSPS) is 11.3. The number of methoxy groups -OCH3 is 1. The lowest BCUT2D eigenvalue weighted by atomic mass is 10.2. The van der Waals surface area contributed by atoms with Crippen molar-refractivity contribution in [3.63, 3.8) is 0 Å². The Morgan fingerprint density at radius 1 is 1.12 bits per heavy atom. The van der Waals surface area contributed by atoms with Crippen molar-refractivity contribution in [2.45, 2.75) is 6.61 Å². The molecule has 26 heavy (non-hydrogen) atoms. The van der Waals surface area contributed by atoms with Gasteiger partial charge in [0.25, 0.3) is 5.89 Å². The molecule has 0 atom stereocenters. The number of halogens is 3. The van der Waals surface area contributed by atoms with Crippen LogP contribution >= 0.6 is 11.6 Å². The van der Waals surface area contributed by atoms with Crippen LogP contribution in [-0.4, -0.2) is 23.9 Å². The van der Waals surface area contributed by atoms with E-state index in [1.807, 2.05) is 0 Å². The molecule has 0 saturated heterocycles. The molecule has 0 N–H and O–H groups in total. The zero-order valence-electron chi connectivity index (χ0n) is 13.5. The standard InChI is InChI=1S/C18H13ClF2N2O3/c1-24-15-8-5-12(19)10-14(15)17-22-16(26-23-17)9-4-11-2-6-13(7-3-11)25-18(20)21/h2-10,18H,1H3/b9-4-. The summed E-state index contributed by atoms with van der Waals surface area (Å²) in [5, 5.41) is 4.44. The van der Waals surface area contributed by atoms with Crippen LogP contribution in [0.5, 0.6) is 11.5 Å². The molecule has 0 aliphatic carbocycles. The first-order valence-corrected chi connectivity index (χ1v) is 7.83. The number of ether oxygens (including phenoxy) is 2. The molecular formula is C18H13ClF2N2O3. The number of hydrogen-bond donors (Lipinski definition) is 0. The lowest BCUT2D eigenvalue weighted by molar-refractivity contribution is -0.0498. The van der Waals surface area contributed by atoms with Crippen LogP contribution in [0, 0.1) is 0 Å². The number of aromatic nitrogens is 2. The smallest absolute Gasteiger partial charge is 0.387 e. The van der Waals surface area contributed by atoms with Gasteiger partial charge in [0.15, 0.2) is 0 Å². The Balaban J connectivity index is 1.76. The maximum Gasteiger partial charge on any atom is 0.387 e. The van der Waals surface area contributed by atoms with Gasteiger partial charge in [-0.1, -0.05) is 28.9 Å². The fraction of sp³-hybridized carbons (Fsp3) is 0.111. The highest BCUT2D eigenvalue weighted by Gasteiger charge is 2.13. The molecule has 0 saturated carbocycles. The van der Waals surface area contributed by atoms with Gasteiger partial charge in [0.05, 0.1) is 12.7 Å². The molecule has 3 rings (SSSR count). The molecule has 134 valence electrons. The lowest BCUT2D eigenvalue weighted by Crippen LogP contribution is -2.01. The third kappa shape index (κ3) is 4.37. The number of rotatable bonds is 6. The molecule has 5 nitrogen and oxygen atoms in total. The summed E-state index contributed by atoms with van der Waals surface area (Å²) in [4.78, 5) is 4.28. The van der Waals surface area contributed by atoms with Gasteiger partial charge in [0.2, 0.25) is 5.82 Å². The van der Waals surface area contributed by atoms with Gasteiger partial charge in [-0.25, -0.2) is 0 Å².